The quantitative estimate of drug-likeness (QED) is 0.411. The molecular weight excluding hydrogens is 220 g/mol. The van der Waals surface area contributed by atoms with E-state index in [0.29, 0.717) is 18.1 Å². The zero-order valence-electron chi connectivity index (χ0n) is 13.3. The highest BCUT2D eigenvalue weighted by molar-refractivity contribution is 5.49. The first kappa shape index (κ1) is 15.5. The van der Waals surface area contributed by atoms with Crippen molar-refractivity contribution in [2.24, 2.45) is 5.92 Å². The molecule has 1 fully saturated rings. The molecule has 2 heteroatoms. The summed E-state index contributed by atoms with van der Waals surface area (Å²) >= 11 is 0. The number of rotatable bonds is 5. The van der Waals surface area contributed by atoms with Crippen LogP contribution in [0.5, 0.6) is 0 Å². The Hall–Kier alpha value is -0.530. The monoisotopic (exact) mass is 253 g/mol. The van der Waals surface area contributed by atoms with Crippen LogP contribution >= 0.6 is 0 Å². The molecule has 0 N–H and O–H groups in total. The van der Waals surface area contributed by atoms with Crippen LogP contribution in [0.15, 0.2) is 0 Å². The third kappa shape index (κ3) is 4.29. The highest BCUT2D eigenvalue weighted by Gasteiger charge is 2.25. The molecule has 1 rings (SSSR count). The van der Waals surface area contributed by atoms with Gasteiger partial charge in [0.1, 0.15) is 0 Å². The highest BCUT2D eigenvalue weighted by Crippen LogP contribution is 2.27. The van der Waals surface area contributed by atoms with E-state index in [-0.39, 0.29) is 0 Å². The SMILES string of the molecule is CC(C)N(C=[N+](C)[C@H](C)C1CCCCC1)C(C)C. The Morgan fingerprint density at radius 1 is 0.944 bits per heavy atom. The molecule has 2 nitrogen and oxygen atoms in total. The summed E-state index contributed by atoms with van der Waals surface area (Å²) in [6.07, 6.45) is 9.49. The molecule has 18 heavy (non-hydrogen) atoms. The Morgan fingerprint density at radius 3 is 1.89 bits per heavy atom. The predicted octanol–water partition coefficient (Wildman–Crippen LogP) is 3.74. The minimum atomic E-state index is 0.575. The molecule has 0 saturated heterocycles. The minimum Gasteiger partial charge on any atom is -0.268 e. The Bertz CT molecular complexity index is 254. The fourth-order valence-corrected chi connectivity index (χ4v) is 3.13. The highest BCUT2D eigenvalue weighted by atomic mass is 15.2. The van der Waals surface area contributed by atoms with Crippen molar-refractivity contribution in [3.63, 3.8) is 0 Å². The van der Waals surface area contributed by atoms with E-state index in [2.05, 4.69) is 57.5 Å². The molecule has 0 unspecified atom stereocenters. The maximum Gasteiger partial charge on any atom is 0.234 e. The van der Waals surface area contributed by atoms with Crippen LogP contribution in [0.4, 0.5) is 0 Å². The van der Waals surface area contributed by atoms with Crippen molar-refractivity contribution in [3.05, 3.63) is 0 Å². The van der Waals surface area contributed by atoms with Gasteiger partial charge in [-0.05, 0) is 53.4 Å². The standard InChI is InChI=1S/C16H33N2/c1-13(2)18(14(3)4)12-17(6)15(5)16-10-8-7-9-11-16/h12-16H,7-11H2,1-6H3/q+1/t15-/m1/s1. The first-order valence-corrected chi connectivity index (χ1v) is 7.77. The van der Waals surface area contributed by atoms with Crippen LogP contribution in [-0.4, -0.2) is 41.0 Å². The van der Waals surface area contributed by atoms with Gasteiger partial charge in [0.15, 0.2) is 0 Å². The van der Waals surface area contributed by atoms with Crippen LogP contribution in [0, 0.1) is 5.92 Å². The molecule has 0 aromatic carbocycles. The summed E-state index contributed by atoms with van der Waals surface area (Å²) in [6, 6.07) is 1.82. The van der Waals surface area contributed by atoms with Crippen molar-refractivity contribution in [2.45, 2.75) is 84.8 Å². The fourth-order valence-electron chi connectivity index (χ4n) is 3.13. The summed E-state index contributed by atoms with van der Waals surface area (Å²) in [5, 5.41) is 0. The van der Waals surface area contributed by atoms with Crippen LogP contribution in [0.25, 0.3) is 0 Å². The Balaban J connectivity index is 2.67. The van der Waals surface area contributed by atoms with Crippen LogP contribution in [-0.2, 0) is 0 Å². The number of hydrogen-bond acceptors (Lipinski definition) is 0. The summed E-state index contributed by atoms with van der Waals surface area (Å²) in [5.41, 5.74) is 0. The van der Waals surface area contributed by atoms with Gasteiger partial charge in [-0.15, -0.1) is 0 Å². The molecule has 1 aliphatic carbocycles. The molecule has 1 saturated carbocycles. The summed E-state index contributed by atoms with van der Waals surface area (Å²) in [7, 11) is 2.25. The molecule has 106 valence electrons. The summed E-state index contributed by atoms with van der Waals surface area (Å²) < 4.78 is 2.44. The van der Waals surface area contributed by atoms with Gasteiger partial charge in [-0.1, -0.05) is 19.3 Å². The molecule has 0 aliphatic heterocycles. The van der Waals surface area contributed by atoms with Gasteiger partial charge in [-0.2, -0.15) is 0 Å². The van der Waals surface area contributed by atoms with Crippen molar-refractivity contribution < 1.29 is 4.58 Å². The lowest BCUT2D eigenvalue weighted by Crippen LogP contribution is -2.41. The summed E-state index contributed by atoms with van der Waals surface area (Å²) in [4.78, 5) is 2.46. The van der Waals surface area contributed by atoms with Crippen molar-refractivity contribution in [1.82, 2.24) is 4.90 Å². The molecule has 1 atom stereocenters. The van der Waals surface area contributed by atoms with E-state index in [4.69, 9.17) is 0 Å². The Kier molecular flexibility index (Phi) is 6.17. The molecule has 0 bridgehead atoms. The zero-order chi connectivity index (χ0) is 13.7. The van der Waals surface area contributed by atoms with Gasteiger partial charge >= 0.3 is 0 Å². The molecule has 0 spiro atoms. The van der Waals surface area contributed by atoms with Gasteiger partial charge in [-0.25, -0.2) is 0 Å². The van der Waals surface area contributed by atoms with Gasteiger partial charge in [0.05, 0.1) is 25.2 Å². The zero-order valence-corrected chi connectivity index (χ0v) is 13.3. The summed E-state index contributed by atoms with van der Waals surface area (Å²) in [6.45, 7) is 11.5. The van der Waals surface area contributed by atoms with E-state index in [9.17, 15) is 0 Å². The van der Waals surface area contributed by atoms with Crippen LogP contribution in [0.2, 0.25) is 0 Å². The number of nitrogens with zero attached hydrogens (tertiary/aromatic N) is 2. The molecule has 0 radical (unpaired) electrons. The Morgan fingerprint density at radius 2 is 1.44 bits per heavy atom. The predicted molar refractivity (Wildman–Crippen MR) is 80.4 cm³/mol. The van der Waals surface area contributed by atoms with Gasteiger partial charge < -0.3 is 0 Å². The average Bonchev–Trinajstić information content (AvgIpc) is 2.35. The lowest BCUT2D eigenvalue weighted by molar-refractivity contribution is -0.544. The summed E-state index contributed by atoms with van der Waals surface area (Å²) in [5.74, 6) is 0.890. The molecular formula is C16H33N2+. The minimum absolute atomic E-state index is 0.575. The second kappa shape index (κ2) is 7.16. The molecule has 0 aromatic rings. The van der Waals surface area contributed by atoms with Crippen molar-refractivity contribution in [2.75, 3.05) is 7.05 Å². The molecule has 0 heterocycles. The lowest BCUT2D eigenvalue weighted by Gasteiger charge is -2.29. The van der Waals surface area contributed by atoms with Crippen molar-refractivity contribution in [3.8, 4) is 0 Å². The van der Waals surface area contributed by atoms with E-state index >= 15 is 0 Å². The van der Waals surface area contributed by atoms with E-state index in [0.717, 1.165) is 5.92 Å². The van der Waals surface area contributed by atoms with Crippen LogP contribution in [0.1, 0.15) is 66.7 Å². The van der Waals surface area contributed by atoms with Gasteiger partial charge in [0.25, 0.3) is 0 Å². The maximum absolute atomic E-state index is 2.46. The van der Waals surface area contributed by atoms with Gasteiger partial charge in [-0.3, -0.25) is 9.48 Å². The largest absolute Gasteiger partial charge is 0.268 e. The Labute approximate surface area is 114 Å². The van der Waals surface area contributed by atoms with Gasteiger partial charge in [0.2, 0.25) is 6.34 Å². The first-order valence-electron chi connectivity index (χ1n) is 7.77. The maximum atomic E-state index is 2.46. The molecule has 0 aromatic heterocycles. The lowest BCUT2D eigenvalue weighted by atomic mass is 9.84. The van der Waals surface area contributed by atoms with Crippen molar-refractivity contribution in [1.29, 1.82) is 0 Å². The normalized spacial score (nSPS) is 20.6. The van der Waals surface area contributed by atoms with E-state index in [1.54, 1.807) is 0 Å². The van der Waals surface area contributed by atoms with E-state index in [1.165, 1.54) is 32.1 Å². The van der Waals surface area contributed by atoms with E-state index in [1.807, 2.05) is 0 Å². The molecule has 0 amide bonds. The third-order valence-corrected chi connectivity index (χ3v) is 4.48. The number of hydrogen-bond donors (Lipinski definition) is 0. The fraction of sp³-hybridized carbons (Fsp3) is 0.938. The van der Waals surface area contributed by atoms with Crippen LogP contribution in [0.3, 0.4) is 0 Å². The van der Waals surface area contributed by atoms with Crippen molar-refractivity contribution >= 4 is 6.34 Å². The molecule has 1 aliphatic rings. The first-order chi connectivity index (χ1) is 8.43. The van der Waals surface area contributed by atoms with Gasteiger partial charge in [0, 0.05) is 0 Å². The third-order valence-electron chi connectivity index (χ3n) is 4.48. The average molecular weight is 253 g/mol. The van der Waals surface area contributed by atoms with Crippen LogP contribution < -0.4 is 0 Å². The second-order valence-electron chi connectivity index (χ2n) is 6.55. The second-order valence-corrected chi connectivity index (χ2v) is 6.55. The van der Waals surface area contributed by atoms with E-state index < -0.39 is 0 Å². The topological polar surface area (TPSA) is 6.25 Å². The smallest absolute Gasteiger partial charge is 0.234 e.